The van der Waals surface area contributed by atoms with Crippen molar-refractivity contribution in [1.29, 1.82) is 0 Å². The van der Waals surface area contributed by atoms with E-state index in [0.29, 0.717) is 13.2 Å². The van der Waals surface area contributed by atoms with Crippen LogP contribution in [-0.4, -0.2) is 36.2 Å². The van der Waals surface area contributed by atoms with Crippen LogP contribution in [0.25, 0.3) is 0 Å². The summed E-state index contributed by atoms with van der Waals surface area (Å²) in [5.74, 6) is -0.419. The zero-order valence-electron chi connectivity index (χ0n) is 10.2. The molecule has 0 spiro atoms. The van der Waals surface area contributed by atoms with Crippen LogP contribution in [0.1, 0.15) is 12.5 Å². The maximum Gasteiger partial charge on any atom is 0.410 e. The standard InChI is InChI=1S/C13H15NO4/c1-10(14-7-8-17-13(14)16)12(15)18-9-11-5-3-2-4-6-11/h2-6,10H,7-9H2,1H3/t10-/m1/s1. The Morgan fingerprint density at radius 2 is 2.17 bits per heavy atom. The minimum Gasteiger partial charge on any atom is -0.459 e. The molecule has 1 aromatic rings. The fraction of sp³-hybridized carbons (Fsp3) is 0.385. The Morgan fingerprint density at radius 1 is 1.44 bits per heavy atom. The molecule has 1 aliphatic rings. The Balaban J connectivity index is 1.86. The predicted molar refractivity (Wildman–Crippen MR) is 63.8 cm³/mol. The zero-order valence-corrected chi connectivity index (χ0v) is 10.2. The molecule has 1 fully saturated rings. The second-order valence-electron chi connectivity index (χ2n) is 4.08. The summed E-state index contributed by atoms with van der Waals surface area (Å²) in [5.41, 5.74) is 0.919. The fourth-order valence-corrected chi connectivity index (χ4v) is 1.73. The van der Waals surface area contributed by atoms with E-state index in [1.807, 2.05) is 30.3 Å². The predicted octanol–water partition coefficient (Wildman–Crippen LogP) is 1.57. The molecule has 0 aromatic heterocycles. The summed E-state index contributed by atoms with van der Waals surface area (Å²) >= 11 is 0. The highest BCUT2D eigenvalue weighted by Crippen LogP contribution is 2.11. The van der Waals surface area contributed by atoms with Gasteiger partial charge in [-0.2, -0.15) is 0 Å². The van der Waals surface area contributed by atoms with E-state index in [1.165, 1.54) is 4.90 Å². The van der Waals surface area contributed by atoms with Crippen molar-refractivity contribution in [2.75, 3.05) is 13.2 Å². The lowest BCUT2D eigenvalue weighted by atomic mass is 10.2. The lowest BCUT2D eigenvalue weighted by Crippen LogP contribution is -2.40. The summed E-state index contributed by atoms with van der Waals surface area (Å²) < 4.78 is 9.94. The highest BCUT2D eigenvalue weighted by molar-refractivity contribution is 5.81. The summed E-state index contributed by atoms with van der Waals surface area (Å²) in [6, 6.07) is 8.80. The lowest BCUT2D eigenvalue weighted by Gasteiger charge is -2.19. The topological polar surface area (TPSA) is 55.8 Å². The van der Waals surface area contributed by atoms with E-state index in [1.54, 1.807) is 6.92 Å². The Bertz CT molecular complexity index is 432. The fourth-order valence-electron chi connectivity index (χ4n) is 1.73. The van der Waals surface area contributed by atoms with Crippen molar-refractivity contribution >= 4 is 12.1 Å². The van der Waals surface area contributed by atoms with Crippen LogP contribution in [0.2, 0.25) is 0 Å². The number of rotatable bonds is 4. The van der Waals surface area contributed by atoms with Crippen LogP contribution in [0, 0.1) is 0 Å². The molecule has 1 aliphatic heterocycles. The Labute approximate surface area is 105 Å². The van der Waals surface area contributed by atoms with Gasteiger partial charge in [-0.05, 0) is 12.5 Å². The van der Waals surface area contributed by atoms with Gasteiger partial charge in [0.2, 0.25) is 0 Å². The van der Waals surface area contributed by atoms with Gasteiger partial charge in [0, 0.05) is 0 Å². The van der Waals surface area contributed by atoms with Crippen molar-refractivity contribution in [1.82, 2.24) is 4.90 Å². The van der Waals surface area contributed by atoms with Gasteiger partial charge >= 0.3 is 12.1 Å². The third-order valence-corrected chi connectivity index (χ3v) is 2.82. The maximum absolute atomic E-state index is 11.8. The Morgan fingerprint density at radius 3 is 2.78 bits per heavy atom. The normalized spacial score (nSPS) is 16.3. The van der Waals surface area contributed by atoms with E-state index in [0.717, 1.165) is 5.56 Å². The van der Waals surface area contributed by atoms with Gasteiger partial charge in [-0.3, -0.25) is 4.90 Å². The minimum atomic E-state index is -0.608. The van der Waals surface area contributed by atoms with Crippen LogP contribution in [0.4, 0.5) is 4.79 Å². The molecule has 2 rings (SSSR count). The second-order valence-corrected chi connectivity index (χ2v) is 4.08. The largest absolute Gasteiger partial charge is 0.459 e. The lowest BCUT2D eigenvalue weighted by molar-refractivity contribution is -0.149. The SMILES string of the molecule is C[C@H](C(=O)OCc1ccccc1)N1CCOC1=O. The van der Waals surface area contributed by atoms with Crippen LogP contribution in [0.3, 0.4) is 0 Å². The number of nitrogens with zero attached hydrogens (tertiary/aromatic N) is 1. The van der Waals surface area contributed by atoms with E-state index < -0.39 is 18.1 Å². The quantitative estimate of drug-likeness (QED) is 0.760. The summed E-state index contributed by atoms with van der Waals surface area (Å²) in [7, 11) is 0. The zero-order chi connectivity index (χ0) is 13.0. The molecule has 5 nitrogen and oxygen atoms in total. The monoisotopic (exact) mass is 249 g/mol. The summed E-state index contributed by atoms with van der Waals surface area (Å²) in [6.07, 6.45) is -0.459. The average molecular weight is 249 g/mol. The van der Waals surface area contributed by atoms with E-state index in [9.17, 15) is 9.59 Å². The number of amides is 1. The number of hydrogen-bond acceptors (Lipinski definition) is 4. The molecule has 96 valence electrons. The van der Waals surface area contributed by atoms with Crippen LogP contribution < -0.4 is 0 Å². The Kier molecular flexibility index (Phi) is 3.82. The molecular weight excluding hydrogens is 234 g/mol. The molecule has 0 saturated carbocycles. The van der Waals surface area contributed by atoms with E-state index in [4.69, 9.17) is 9.47 Å². The van der Waals surface area contributed by atoms with Crippen molar-refractivity contribution in [3.8, 4) is 0 Å². The second kappa shape index (κ2) is 5.53. The van der Waals surface area contributed by atoms with Crippen LogP contribution in [-0.2, 0) is 20.9 Å². The molecule has 0 radical (unpaired) electrons. The molecular formula is C13H15NO4. The third-order valence-electron chi connectivity index (χ3n) is 2.82. The summed E-state index contributed by atoms with van der Waals surface area (Å²) in [5, 5.41) is 0. The highest BCUT2D eigenvalue weighted by atomic mass is 16.6. The van der Waals surface area contributed by atoms with Crippen molar-refractivity contribution in [3.63, 3.8) is 0 Å². The molecule has 0 aliphatic carbocycles. The Hall–Kier alpha value is -2.04. The van der Waals surface area contributed by atoms with Crippen molar-refractivity contribution < 1.29 is 19.1 Å². The number of carbonyl (C=O) groups excluding carboxylic acids is 2. The number of hydrogen-bond donors (Lipinski definition) is 0. The first-order valence-corrected chi connectivity index (χ1v) is 5.82. The van der Waals surface area contributed by atoms with Gasteiger partial charge in [0.05, 0.1) is 6.54 Å². The molecule has 0 bridgehead atoms. The average Bonchev–Trinajstić information content (AvgIpc) is 2.82. The van der Waals surface area contributed by atoms with Gasteiger partial charge in [-0.15, -0.1) is 0 Å². The van der Waals surface area contributed by atoms with Gasteiger partial charge in [0.1, 0.15) is 19.3 Å². The molecule has 1 heterocycles. The van der Waals surface area contributed by atoms with Gasteiger partial charge in [-0.1, -0.05) is 30.3 Å². The van der Waals surface area contributed by atoms with Gasteiger partial charge < -0.3 is 9.47 Å². The van der Waals surface area contributed by atoms with Crippen LogP contribution in [0.5, 0.6) is 0 Å². The molecule has 1 atom stereocenters. The van der Waals surface area contributed by atoms with Gasteiger partial charge in [0.15, 0.2) is 0 Å². The number of benzene rings is 1. The number of carbonyl (C=O) groups is 2. The van der Waals surface area contributed by atoms with Crippen LogP contribution >= 0.6 is 0 Å². The number of esters is 1. The summed E-state index contributed by atoms with van der Waals surface area (Å²) in [4.78, 5) is 24.4. The first kappa shape index (κ1) is 12.4. The third kappa shape index (κ3) is 2.80. The van der Waals surface area contributed by atoms with Gasteiger partial charge in [-0.25, -0.2) is 9.59 Å². The molecule has 18 heavy (non-hydrogen) atoms. The molecule has 1 saturated heterocycles. The highest BCUT2D eigenvalue weighted by Gasteiger charge is 2.32. The van der Waals surface area contributed by atoms with Gasteiger partial charge in [0.25, 0.3) is 0 Å². The maximum atomic E-state index is 11.8. The van der Waals surface area contributed by atoms with Crippen molar-refractivity contribution in [2.24, 2.45) is 0 Å². The molecule has 1 amide bonds. The first-order valence-electron chi connectivity index (χ1n) is 5.82. The first-order chi connectivity index (χ1) is 8.68. The number of cyclic esters (lactones) is 1. The van der Waals surface area contributed by atoms with E-state index in [2.05, 4.69) is 0 Å². The number of ether oxygens (including phenoxy) is 2. The smallest absolute Gasteiger partial charge is 0.410 e. The molecule has 0 N–H and O–H groups in total. The molecule has 1 aromatic carbocycles. The van der Waals surface area contributed by atoms with E-state index >= 15 is 0 Å². The van der Waals surface area contributed by atoms with Crippen LogP contribution in [0.15, 0.2) is 30.3 Å². The molecule has 5 heteroatoms. The molecule has 0 unspecified atom stereocenters. The minimum absolute atomic E-state index is 0.215. The van der Waals surface area contributed by atoms with E-state index in [-0.39, 0.29) is 6.61 Å². The van der Waals surface area contributed by atoms with Crippen molar-refractivity contribution in [2.45, 2.75) is 19.6 Å². The van der Waals surface area contributed by atoms with Crippen molar-refractivity contribution in [3.05, 3.63) is 35.9 Å². The summed E-state index contributed by atoms with van der Waals surface area (Å²) in [6.45, 7) is 2.61.